The number of carbonyl (C=O) groups excluding carboxylic acids is 2. The van der Waals surface area contributed by atoms with Gasteiger partial charge in [0.2, 0.25) is 5.78 Å². The standard InChI is InChI=1S/C9H12N2O2/c1-6(2)11-4-3-7(5-10)8(12)9(11)13/h6-7H,3-4H2,1-2H3/t7-/m1/s1. The number of rotatable bonds is 1. The van der Waals surface area contributed by atoms with Crippen LogP contribution in [0.25, 0.3) is 0 Å². The van der Waals surface area contributed by atoms with Crippen LogP contribution in [0.1, 0.15) is 20.3 Å². The van der Waals surface area contributed by atoms with Crippen LogP contribution < -0.4 is 0 Å². The number of likely N-dealkylation sites (tertiary alicyclic amines) is 1. The van der Waals surface area contributed by atoms with Gasteiger partial charge < -0.3 is 4.90 Å². The Balaban J connectivity index is 2.78. The van der Waals surface area contributed by atoms with Crippen molar-refractivity contribution in [3.63, 3.8) is 0 Å². The summed E-state index contributed by atoms with van der Waals surface area (Å²) in [5.41, 5.74) is 0. The molecule has 1 saturated heterocycles. The van der Waals surface area contributed by atoms with Gasteiger partial charge in [0.1, 0.15) is 5.92 Å². The molecule has 4 heteroatoms. The molecule has 1 aliphatic heterocycles. The maximum absolute atomic E-state index is 11.4. The molecule has 1 fully saturated rings. The molecule has 0 unspecified atom stereocenters. The first kappa shape index (κ1) is 9.72. The lowest BCUT2D eigenvalue weighted by Gasteiger charge is -2.30. The predicted octanol–water partition coefficient (Wildman–Crippen LogP) is 0.336. The molecule has 0 saturated carbocycles. The zero-order chi connectivity index (χ0) is 10.0. The summed E-state index contributed by atoms with van der Waals surface area (Å²) in [5.74, 6) is -1.78. The number of hydrogen-bond donors (Lipinski definition) is 0. The third-order valence-corrected chi connectivity index (χ3v) is 2.23. The summed E-state index contributed by atoms with van der Waals surface area (Å²) >= 11 is 0. The van der Waals surface area contributed by atoms with Crippen molar-refractivity contribution in [1.82, 2.24) is 4.90 Å². The van der Waals surface area contributed by atoms with Crippen LogP contribution in [0, 0.1) is 17.2 Å². The van der Waals surface area contributed by atoms with Gasteiger partial charge in [-0.3, -0.25) is 9.59 Å². The first-order chi connectivity index (χ1) is 6.07. The highest BCUT2D eigenvalue weighted by atomic mass is 16.2. The summed E-state index contributed by atoms with van der Waals surface area (Å²) < 4.78 is 0. The van der Waals surface area contributed by atoms with E-state index >= 15 is 0 Å². The van der Waals surface area contributed by atoms with E-state index in [0.717, 1.165) is 0 Å². The highest BCUT2D eigenvalue weighted by Crippen LogP contribution is 2.16. The maximum atomic E-state index is 11.4. The minimum absolute atomic E-state index is 0.0380. The van der Waals surface area contributed by atoms with Crippen molar-refractivity contribution in [2.24, 2.45) is 5.92 Å². The van der Waals surface area contributed by atoms with Gasteiger partial charge >= 0.3 is 0 Å². The van der Waals surface area contributed by atoms with Crippen LogP contribution in [-0.4, -0.2) is 29.2 Å². The zero-order valence-corrected chi connectivity index (χ0v) is 7.78. The molecule has 0 aliphatic carbocycles. The van der Waals surface area contributed by atoms with Crippen LogP contribution in [0.5, 0.6) is 0 Å². The van der Waals surface area contributed by atoms with E-state index < -0.39 is 17.6 Å². The molecule has 70 valence electrons. The molecule has 0 radical (unpaired) electrons. The third-order valence-electron chi connectivity index (χ3n) is 2.23. The van der Waals surface area contributed by atoms with Crippen LogP contribution in [-0.2, 0) is 9.59 Å². The van der Waals surface area contributed by atoms with Crippen LogP contribution in [0.3, 0.4) is 0 Å². The van der Waals surface area contributed by atoms with Crippen molar-refractivity contribution in [1.29, 1.82) is 5.26 Å². The van der Waals surface area contributed by atoms with E-state index in [-0.39, 0.29) is 6.04 Å². The highest BCUT2D eigenvalue weighted by molar-refractivity contribution is 6.38. The third kappa shape index (κ3) is 1.69. The lowest BCUT2D eigenvalue weighted by atomic mass is 9.95. The average Bonchev–Trinajstić information content (AvgIpc) is 2.09. The lowest BCUT2D eigenvalue weighted by Crippen LogP contribution is -2.48. The van der Waals surface area contributed by atoms with E-state index in [2.05, 4.69) is 0 Å². The summed E-state index contributed by atoms with van der Waals surface area (Å²) in [5, 5.41) is 8.56. The van der Waals surface area contributed by atoms with Crippen LogP contribution in [0.15, 0.2) is 0 Å². The van der Waals surface area contributed by atoms with Gasteiger partial charge in [-0.2, -0.15) is 5.26 Å². The number of nitrogens with zero attached hydrogens (tertiary/aromatic N) is 2. The van der Waals surface area contributed by atoms with Crippen molar-refractivity contribution in [3.05, 3.63) is 0 Å². The summed E-state index contributed by atoms with van der Waals surface area (Å²) in [4.78, 5) is 24.1. The SMILES string of the molecule is CC(C)N1CC[C@H](C#N)C(=O)C1=O. The molecule has 1 heterocycles. The van der Waals surface area contributed by atoms with Crippen LogP contribution in [0.2, 0.25) is 0 Å². The van der Waals surface area contributed by atoms with Gasteiger partial charge in [-0.05, 0) is 20.3 Å². The number of amides is 1. The second-order valence-corrected chi connectivity index (χ2v) is 3.43. The topological polar surface area (TPSA) is 61.2 Å². The second-order valence-electron chi connectivity index (χ2n) is 3.43. The van der Waals surface area contributed by atoms with E-state index in [4.69, 9.17) is 5.26 Å². The molecule has 0 bridgehead atoms. The smallest absolute Gasteiger partial charge is 0.291 e. The molecular formula is C9H12N2O2. The molecule has 0 spiro atoms. The van der Waals surface area contributed by atoms with Crippen molar-refractivity contribution >= 4 is 11.7 Å². The first-order valence-corrected chi connectivity index (χ1v) is 4.32. The number of nitriles is 1. The molecule has 1 atom stereocenters. The molecular weight excluding hydrogens is 168 g/mol. The Morgan fingerprint density at radius 1 is 1.54 bits per heavy atom. The van der Waals surface area contributed by atoms with Crippen molar-refractivity contribution < 1.29 is 9.59 Å². The monoisotopic (exact) mass is 180 g/mol. The Hall–Kier alpha value is -1.37. The van der Waals surface area contributed by atoms with Crippen molar-refractivity contribution in [3.8, 4) is 6.07 Å². The molecule has 13 heavy (non-hydrogen) atoms. The summed E-state index contributed by atoms with van der Waals surface area (Å²) in [6, 6.07) is 1.88. The van der Waals surface area contributed by atoms with Gasteiger partial charge in [-0.1, -0.05) is 0 Å². The molecule has 0 aromatic heterocycles. The molecule has 4 nitrogen and oxygen atoms in total. The Morgan fingerprint density at radius 2 is 2.15 bits per heavy atom. The minimum Gasteiger partial charge on any atom is -0.334 e. The largest absolute Gasteiger partial charge is 0.334 e. The van der Waals surface area contributed by atoms with Crippen molar-refractivity contribution in [2.45, 2.75) is 26.3 Å². The van der Waals surface area contributed by atoms with E-state index in [1.54, 1.807) is 0 Å². The van der Waals surface area contributed by atoms with E-state index in [0.29, 0.717) is 13.0 Å². The fraction of sp³-hybridized carbons (Fsp3) is 0.667. The summed E-state index contributed by atoms with van der Waals surface area (Å²) in [6.45, 7) is 4.23. The Bertz CT molecular complexity index is 278. The summed E-state index contributed by atoms with van der Waals surface area (Å²) in [6.07, 6.45) is 0.471. The maximum Gasteiger partial charge on any atom is 0.291 e. The second kappa shape index (κ2) is 3.56. The molecule has 1 rings (SSSR count). The number of piperidine rings is 1. The molecule has 0 aromatic rings. The number of ketones is 1. The molecule has 1 amide bonds. The van der Waals surface area contributed by atoms with Gasteiger partial charge in [0, 0.05) is 12.6 Å². The van der Waals surface area contributed by atoms with Gasteiger partial charge in [0.15, 0.2) is 0 Å². The summed E-state index contributed by atoms with van der Waals surface area (Å²) in [7, 11) is 0. The van der Waals surface area contributed by atoms with Crippen LogP contribution >= 0.6 is 0 Å². The molecule has 1 aliphatic rings. The van der Waals surface area contributed by atoms with E-state index in [1.165, 1.54) is 4.90 Å². The normalized spacial score (nSPS) is 23.5. The van der Waals surface area contributed by atoms with Crippen LogP contribution in [0.4, 0.5) is 0 Å². The van der Waals surface area contributed by atoms with Gasteiger partial charge in [-0.15, -0.1) is 0 Å². The van der Waals surface area contributed by atoms with Gasteiger partial charge in [0.05, 0.1) is 6.07 Å². The minimum atomic E-state index is -0.720. The van der Waals surface area contributed by atoms with E-state index in [1.807, 2.05) is 19.9 Å². The Morgan fingerprint density at radius 3 is 2.62 bits per heavy atom. The lowest BCUT2D eigenvalue weighted by molar-refractivity contribution is -0.150. The average molecular weight is 180 g/mol. The van der Waals surface area contributed by atoms with Gasteiger partial charge in [-0.25, -0.2) is 0 Å². The number of Topliss-reactive ketones (excluding diaryl/α,β-unsaturated/α-hetero) is 1. The molecule has 0 aromatic carbocycles. The fourth-order valence-electron chi connectivity index (χ4n) is 1.41. The fourth-order valence-corrected chi connectivity index (χ4v) is 1.41. The highest BCUT2D eigenvalue weighted by Gasteiger charge is 2.35. The molecule has 0 N–H and O–H groups in total. The Kier molecular flexibility index (Phi) is 2.66. The first-order valence-electron chi connectivity index (χ1n) is 4.32. The van der Waals surface area contributed by atoms with E-state index in [9.17, 15) is 9.59 Å². The van der Waals surface area contributed by atoms with Gasteiger partial charge in [0.25, 0.3) is 5.91 Å². The van der Waals surface area contributed by atoms with Crippen molar-refractivity contribution in [2.75, 3.05) is 6.54 Å². The number of carbonyl (C=O) groups is 2. The Labute approximate surface area is 77.1 Å². The number of hydrogen-bond acceptors (Lipinski definition) is 3. The quantitative estimate of drug-likeness (QED) is 0.546. The predicted molar refractivity (Wildman–Crippen MR) is 45.6 cm³/mol. The zero-order valence-electron chi connectivity index (χ0n) is 7.78.